The van der Waals surface area contributed by atoms with Gasteiger partial charge in [-0.2, -0.15) is 18.3 Å². The number of aromatic nitrogens is 3. The Labute approximate surface area is 194 Å². The first-order chi connectivity index (χ1) is 15.6. The summed E-state index contributed by atoms with van der Waals surface area (Å²) in [6.07, 6.45) is -4.68. The van der Waals surface area contributed by atoms with E-state index in [1.54, 1.807) is 14.4 Å². The lowest BCUT2D eigenvalue weighted by Crippen LogP contribution is -2.49. The maximum absolute atomic E-state index is 13.0. The molecule has 9 nitrogen and oxygen atoms in total. The maximum atomic E-state index is 13.0. The van der Waals surface area contributed by atoms with E-state index in [2.05, 4.69) is 10.2 Å². The van der Waals surface area contributed by atoms with Gasteiger partial charge in [0.2, 0.25) is 5.91 Å². The number of nitrogens with one attached hydrogen (secondary N) is 1. The van der Waals surface area contributed by atoms with Crippen LogP contribution in [0.5, 0.6) is 0 Å². The number of alkyl halides is 3. The van der Waals surface area contributed by atoms with Crippen molar-refractivity contribution >= 4 is 40.8 Å². The van der Waals surface area contributed by atoms with Crippen molar-refractivity contribution in [3.63, 3.8) is 0 Å². The molecule has 3 heterocycles. The second-order valence-corrected chi connectivity index (χ2v) is 8.58. The number of anilines is 1. The minimum atomic E-state index is -4.68. The van der Waals surface area contributed by atoms with Gasteiger partial charge < -0.3 is 9.80 Å². The van der Waals surface area contributed by atoms with Gasteiger partial charge >= 0.3 is 6.18 Å². The Balaban J connectivity index is 1.46. The molecular formula is C19H17F3N6O3S2. The molecule has 33 heavy (non-hydrogen) atoms. The molecule has 1 amide bonds. The molecule has 1 aliphatic heterocycles. The number of halogens is 3. The van der Waals surface area contributed by atoms with Crippen LogP contribution in [-0.2, 0) is 17.5 Å². The summed E-state index contributed by atoms with van der Waals surface area (Å²) in [4.78, 5) is 27.5. The van der Waals surface area contributed by atoms with Crippen molar-refractivity contribution in [1.82, 2.24) is 19.7 Å². The Bertz CT molecular complexity index is 1230. The van der Waals surface area contributed by atoms with Gasteiger partial charge in [-0.15, -0.1) is 11.3 Å². The van der Waals surface area contributed by atoms with Gasteiger partial charge in [-0.05, 0) is 35.8 Å². The van der Waals surface area contributed by atoms with E-state index in [-0.39, 0.29) is 44.3 Å². The number of amides is 1. The van der Waals surface area contributed by atoms with E-state index in [9.17, 15) is 28.1 Å². The number of hydrogen-bond acceptors (Lipinski definition) is 7. The highest BCUT2D eigenvalue weighted by molar-refractivity contribution is 7.71. The van der Waals surface area contributed by atoms with Crippen molar-refractivity contribution in [3.8, 4) is 10.7 Å². The molecule has 4 rings (SSSR count). The number of aromatic amines is 1. The molecule has 174 valence electrons. The summed E-state index contributed by atoms with van der Waals surface area (Å²) in [5.41, 5.74) is -1.60. The molecule has 1 N–H and O–H groups in total. The number of rotatable bonds is 5. The minimum absolute atomic E-state index is 0.0248. The first kappa shape index (κ1) is 22.9. The summed E-state index contributed by atoms with van der Waals surface area (Å²) in [7, 11) is 0. The van der Waals surface area contributed by atoms with Crippen molar-refractivity contribution < 1.29 is 22.9 Å². The molecule has 14 heteroatoms. The zero-order valence-electron chi connectivity index (χ0n) is 16.9. The van der Waals surface area contributed by atoms with Crippen molar-refractivity contribution in [1.29, 1.82) is 0 Å². The topological polar surface area (TPSA) is 100 Å². The molecule has 0 aliphatic carbocycles. The van der Waals surface area contributed by atoms with Gasteiger partial charge in [0.05, 0.1) is 15.4 Å². The number of piperazine rings is 1. The van der Waals surface area contributed by atoms with E-state index in [4.69, 9.17) is 12.2 Å². The van der Waals surface area contributed by atoms with Gasteiger partial charge in [-0.3, -0.25) is 24.6 Å². The second-order valence-electron chi connectivity index (χ2n) is 7.24. The van der Waals surface area contributed by atoms with Crippen LogP contribution in [0.3, 0.4) is 0 Å². The highest BCUT2D eigenvalue weighted by atomic mass is 32.1. The molecule has 1 fully saturated rings. The monoisotopic (exact) mass is 498 g/mol. The summed E-state index contributed by atoms with van der Waals surface area (Å²) in [5, 5.41) is 20.2. The summed E-state index contributed by atoms with van der Waals surface area (Å²) in [6, 6.07) is 6.21. The van der Waals surface area contributed by atoms with E-state index in [0.717, 1.165) is 17.0 Å². The number of carbonyl (C=O) groups excluding carboxylic acids is 1. The summed E-state index contributed by atoms with van der Waals surface area (Å²) in [6.45, 7) is 0.981. The lowest BCUT2D eigenvalue weighted by Gasteiger charge is -2.36. The Hall–Kier alpha value is -3.26. The smallest absolute Gasteiger partial charge is 0.362 e. The lowest BCUT2D eigenvalue weighted by atomic mass is 10.1. The average molecular weight is 499 g/mol. The van der Waals surface area contributed by atoms with Gasteiger partial charge in [0.25, 0.3) is 5.69 Å². The normalized spacial score (nSPS) is 14.5. The molecule has 1 saturated heterocycles. The quantitative estimate of drug-likeness (QED) is 0.325. The van der Waals surface area contributed by atoms with E-state index in [0.29, 0.717) is 16.7 Å². The number of hydrogen-bond donors (Lipinski definition) is 1. The van der Waals surface area contributed by atoms with Crippen molar-refractivity contribution in [2.45, 2.75) is 12.7 Å². The highest BCUT2D eigenvalue weighted by Gasteiger charge is 2.34. The fourth-order valence-electron chi connectivity index (χ4n) is 3.60. The van der Waals surface area contributed by atoms with Gasteiger partial charge in [0.15, 0.2) is 10.6 Å². The number of nitro groups is 1. The first-order valence-electron chi connectivity index (χ1n) is 9.72. The first-order valence-corrected chi connectivity index (χ1v) is 11.0. The molecule has 0 saturated carbocycles. The van der Waals surface area contributed by atoms with Crippen molar-refractivity contribution in [2.75, 3.05) is 31.1 Å². The molecule has 0 atom stereocenters. The summed E-state index contributed by atoms with van der Waals surface area (Å²) in [5.74, 6) is 0.356. The van der Waals surface area contributed by atoms with Crippen LogP contribution in [0.4, 0.5) is 24.5 Å². The molecule has 3 aromatic rings. The van der Waals surface area contributed by atoms with Crippen LogP contribution < -0.4 is 4.90 Å². The Morgan fingerprint density at radius 3 is 2.58 bits per heavy atom. The molecule has 2 aromatic heterocycles. The van der Waals surface area contributed by atoms with Gasteiger partial charge in [-0.1, -0.05) is 6.07 Å². The Morgan fingerprint density at radius 2 is 1.97 bits per heavy atom. The lowest BCUT2D eigenvalue weighted by molar-refractivity contribution is -0.384. The number of thiophene rings is 1. The minimum Gasteiger partial charge on any atom is -0.362 e. The number of H-pyrrole nitrogens is 1. The Kier molecular flexibility index (Phi) is 6.21. The van der Waals surface area contributed by atoms with Crippen LogP contribution in [-0.4, -0.2) is 56.7 Å². The fraction of sp³-hybridized carbons (Fsp3) is 0.316. The molecule has 1 aromatic carbocycles. The third-order valence-electron chi connectivity index (χ3n) is 5.27. The number of benzene rings is 1. The van der Waals surface area contributed by atoms with Gasteiger partial charge in [0, 0.05) is 32.2 Å². The largest absolute Gasteiger partial charge is 0.416 e. The van der Waals surface area contributed by atoms with Crippen LogP contribution >= 0.6 is 23.6 Å². The van der Waals surface area contributed by atoms with Gasteiger partial charge in [0.1, 0.15) is 12.2 Å². The second kappa shape index (κ2) is 8.94. The maximum Gasteiger partial charge on any atom is 0.416 e. The van der Waals surface area contributed by atoms with Crippen LogP contribution in [0.2, 0.25) is 0 Å². The van der Waals surface area contributed by atoms with E-state index in [1.807, 2.05) is 17.5 Å². The van der Waals surface area contributed by atoms with Crippen molar-refractivity contribution in [3.05, 3.63) is 56.2 Å². The Morgan fingerprint density at radius 1 is 1.24 bits per heavy atom. The highest BCUT2D eigenvalue weighted by Crippen LogP contribution is 2.36. The predicted molar refractivity (Wildman–Crippen MR) is 118 cm³/mol. The number of carbonyl (C=O) groups is 1. The SMILES string of the molecule is O=C(Cn1c(-c2cccs2)n[nH]c1=S)N1CCN(c2ccc(C(F)(F)F)cc2[N+](=O)[O-])CC1. The number of nitrogens with zero attached hydrogens (tertiary/aromatic N) is 5. The summed E-state index contributed by atoms with van der Waals surface area (Å²) >= 11 is 6.71. The third kappa shape index (κ3) is 4.75. The number of nitro benzene ring substituents is 1. The fourth-order valence-corrected chi connectivity index (χ4v) is 4.52. The van der Waals surface area contributed by atoms with Crippen LogP contribution in [0.15, 0.2) is 35.7 Å². The summed E-state index contributed by atoms with van der Waals surface area (Å²) < 4.78 is 40.8. The van der Waals surface area contributed by atoms with E-state index < -0.39 is 22.4 Å². The van der Waals surface area contributed by atoms with Gasteiger partial charge in [-0.25, -0.2) is 0 Å². The molecule has 1 aliphatic rings. The molecule has 0 radical (unpaired) electrons. The predicted octanol–water partition coefficient (Wildman–Crippen LogP) is 3.94. The molecular weight excluding hydrogens is 481 g/mol. The van der Waals surface area contributed by atoms with E-state index >= 15 is 0 Å². The van der Waals surface area contributed by atoms with Crippen LogP contribution in [0.25, 0.3) is 10.7 Å². The molecule has 0 bridgehead atoms. The standard InChI is InChI=1S/C19H17F3N6O3S2/c20-19(21,22)12-3-4-13(14(10-12)28(30)31)25-5-7-26(8-6-25)16(29)11-27-17(23-24-18(27)32)15-2-1-9-33-15/h1-4,9-10H,5-8,11H2,(H,24,32). The van der Waals surface area contributed by atoms with E-state index in [1.165, 1.54) is 11.3 Å². The van der Waals surface area contributed by atoms with Crippen LogP contribution in [0, 0.1) is 14.9 Å². The zero-order valence-corrected chi connectivity index (χ0v) is 18.5. The molecule has 0 unspecified atom stereocenters. The van der Waals surface area contributed by atoms with Crippen LogP contribution in [0.1, 0.15) is 5.56 Å². The zero-order chi connectivity index (χ0) is 23.8. The molecule has 0 spiro atoms. The average Bonchev–Trinajstić information content (AvgIpc) is 3.43. The van der Waals surface area contributed by atoms with Crippen molar-refractivity contribution in [2.24, 2.45) is 0 Å². The third-order valence-corrected chi connectivity index (χ3v) is 6.44.